The number of benzene rings is 5. The van der Waals surface area contributed by atoms with Crippen molar-refractivity contribution in [2.75, 3.05) is 0 Å². The number of aromatic carboxylic acids is 2. The third-order valence-corrected chi connectivity index (χ3v) is 13.6. The molecule has 0 atom stereocenters. The first kappa shape index (κ1) is 56.0. The van der Waals surface area contributed by atoms with Crippen LogP contribution in [0.3, 0.4) is 0 Å². The van der Waals surface area contributed by atoms with Gasteiger partial charge in [0.1, 0.15) is 17.2 Å². The summed E-state index contributed by atoms with van der Waals surface area (Å²) < 4.78 is 0. The van der Waals surface area contributed by atoms with Crippen LogP contribution in [0.2, 0.25) is 0 Å². The maximum Gasteiger partial charge on any atom is 0.335 e. The Balaban J connectivity index is 0.000000750. The molecular weight excluding hydrogens is 857 g/mol. The predicted molar refractivity (Wildman–Crippen MR) is 286 cm³/mol. The van der Waals surface area contributed by atoms with Gasteiger partial charge in [-0.05, 0) is 180 Å². The first-order valence-corrected chi connectivity index (χ1v) is 24.4. The molecular formula is C62H84O7. The summed E-state index contributed by atoms with van der Waals surface area (Å²) in [6.07, 6.45) is 2.24. The molecule has 0 saturated carbocycles. The van der Waals surface area contributed by atoms with Gasteiger partial charge in [0.05, 0.1) is 11.1 Å². The number of carboxylic acids is 2. The van der Waals surface area contributed by atoms with Crippen LogP contribution in [-0.4, -0.2) is 37.5 Å². The molecule has 374 valence electrons. The Hall–Kier alpha value is -5.56. The number of aromatic hydroxyl groups is 3. The average Bonchev–Trinajstić information content (AvgIpc) is 3.18. The van der Waals surface area contributed by atoms with Crippen LogP contribution in [0, 0.1) is 20.8 Å². The van der Waals surface area contributed by atoms with Gasteiger partial charge < -0.3 is 25.5 Å². The Labute approximate surface area is 415 Å². The van der Waals surface area contributed by atoms with Crippen LogP contribution >= 0.6 is 0 Å². The maximum atomic E-state index is 11.6. The van der Waals surface area contributed by atoms with Gasteiger partial charge in [-0.25, -0.2) is 9.59 Å². The van der Waals surface area contributed by atoms with Gasteiger partial charge in [0, 0.05) is 0 Å². The summed E-state index contributed by atoms with van der Waals surface area (Å²) >= 11 is 0. The lowest BCUT2D eigenvalue weighted by Gasteiger charge is -2.30. The summed E-state index contributed by atoms with van der Waals surface area (Å²) in [5, 5.41) is 51.8. The van der Waals surface area contributed by atoms with E-state index in [2.05, 4.69) is 182 Å². The molecule has 0 amide bonds. The van der Waals surface area contributed by atoms with E-state index < -0.39 is 11.9 Å². The zero-order chi connectivity index (χ0) is 52.9. The number of phenolic OH excluding ortho intramolecular Hbond substituents is 3. The minimum absolute atomic E-state index is 0.0833. The highest BCUT2D eigenvalue weighted by Crippen LogP contribution is 2.45. The van der Waals surface area contributed by atoms with Crippen LogP contribution in [0.15, 0.2) is 60.7 Å². The van der Waals surface area contributed by atoms with E-state index in [4.69, 9.17) is 10.2 Å². The normalized spacial score (nSPS) is 12.7. The topological polar surface area (TPSA) is 135 Å². The fraction of sp³-hybridized carbons (Fsp3) is 0.484. The summed E-state index contributed by atoms with van der Waals surface area (Å²) in [5.74, 6) is -0.902. The van der Waals surface area contributed by atoms with Crippen molar-refractivity contribution in [1.29, 1.82) is 0 Å². The minimum atomic E-state index is -1.06. The second-order valence-electron chi connectivity index (χ2n) is 25.6. The van der Waals surface area contributed by atoms with E-state index in [1.165, 1.54) is 74.3 Å². The van der Waals surface area contributed by atoms with E-state index >= 15 is 0 Å². The number of rotatable bonds is 8. The number of carboxylic acid groups (broad SMARTS) is 2. The van der Waals surface area contributed by atoms with E-state index in [-0.39, 0.29) is 43.6 Å². The molecule has 0 unspecified atom stereocenters. The maximum absolute atomic E-state index is 11.6. The number of hydrogen-bond donors (Lipinski definition) is 5. The van der Waals surface area contributed by atoms with Gasteiger partial charge in [0.25, 0.3) is 0 Å². The standard InChI is InChI=1S/C54H78O3.C8H6O4/c1-31-37(22-34-25-40(49(4,5)6)46(55)41(26-34)50(7,8)9)32(2)39(24-36-29-44(53(16,17)18)48(57)45(30-36)54(19,20)21)33(3)38(31)23-35-27-42(51(10,11)12)47(56)43(28-35)52(13,14)15;9-7(10)5-1-2-6(4-3-5)8(11)12/h25-30,55-57H,22-24H2,1-21H3;1-4H,(H,9,10)(H,11,12). The van der Waals surface area contributed by atoms with Gasteiger partial charge >= 0.3 is 11.9 Å². The third kappa shape index (κ3) is 13.0. The van der Waals surface area contributed by atoms with E-state index in [0.717, 1.165) is 52.6 Å². The van der Waals surface area contributed by atoms with Gasteiger partial charge in [-0.15, -0.1) is 0 Å². The fourth-order valence-corrected chi connectivity index (χ4v) is 9.37. The van der Waals surface area contributed by atoms with Crippen molar-refractivity contribution in [2.24, 2.45) is 0 Å². The molecule has 0 fully saturated rings. The molecule has 7 nitrogen and oxygen atoms in total. The van der Waals surface area contributed by atoms with Crippen molar-refractivity contribution in [3.05, 3.63) is 155 Å². The molecule has 0 bridgehead atoms. The van der Waals surface area contributed by atoms with Crippen molar-refractivity contribution in [3.63, 3.8) is 0 Å². The number of carbonyl (C=O) groups is 2. The Kier molecular flexibility index (Phi) is 16.0. The molecule has 5 aromatic rings. The fourth-order valence-electron chi connectivity index (χ4n) is 9.37. The number of hydrogen-bond acceptors (Lipinski definition) is 5. The van der Waals surface area contributed by atoms with E-state index in [9.17, 15) is 24.9 Å². The monoisotopic (exact) mass is 941 g/mol. The molecule has 0 aliphatic carbocycles. The van der Waals surface area contributed by atoms with Crippen LogP contribution in [0.1, 0.15) is 229 Å². The predicted octanol–water partition coefficient (Wildman–Crippen LogP) is 15.4. The van der Waals surface area contributed by atoms with Crippen molar-refractivity contribution in [1.82, 2.24) is 0 Å². The largest absolute Gasteiger partial charge is 0.507 e. The molecule has 5 N–H and O–H groups in total. The second kappa shape index (κ2) is 19.7. The highest BCUT2D eigenvalue weighted by atomic mass is 16.4. The molecule has 0 spiro atoms. The molecule has 0 radical (unpaired) electrons. The molecule has 5 aromatic carbocycles. The van der Waals surface area contributed by atoms with Gasteiger partial charge in [-0.2, -0.15) is 0 Å². The Morgan fingerprint density at radius 1 is 0.348 bits per heavy atom. The second-order valence-corrected chi connectivity index (χ2v) is 25.6. The zero-order valence-corrected chi connectivity index (χ0v) is 45.9. The van der Waals surface area contributed by atoms with Crippen molar-refractivity contribution >= 4 is 11.9 Å². The number of phenols is 3. The molecule has 0 saturated heterocycles. The SMILES string of the molecule is Cc1c(Cc2cc(C(C)(C)C)c(O)c(C(C)(C)C)c2)c(C)c(Cc2cc(C(C)(C)C)c(O)c(C(C)(C)C)c2)c(C)c1Cc1cc(C(C)(C)C)c(O)c(C(C)(C)C)c1.O=C(O)c1ccc(C(=O)O)cc1. The summed E-state index contributed by atoms with van der Waals surface area (Å²) in [6, 6.07) is 18.4. The summed E-state index contributed by atoms with van der Waals surface area (Å²) in [6.45, 7) is 46.2. The molecule has 5 rings (SSSR count). The lowest BCUT2D eigenvalue weighted by Crippen LogP contribution is -2.19. The first-order chi connectivity index (χ1) is 31.2. The van der Waals surface area contributed by atoms with Crippen LogP contribution in [0.25, 0.3) is 0 Å². The average molecular weight is 941 g/mol. The molecule has 7 heteroatoms. The third-order valence-electron chi connectivity index (χ3n) is 13.6. The van der Waals surface area contributed by atoms with Crippen molar-refractivity contribution in [3.8, 4) is 17.2 Å². The summed E-state index contributed by atoms with van der Waals surface area (Å²) in [4.78, 5) is 20.7. The van der Waals surface area contributed by atoms with Gasteiger partial charge in [-0.3, -0.25) is 0 Å². The lowest BCUT2D eigenvalue weighted by atomic mass is 9.75. The van der Waals surface area contributed by atoms with Crippen LogP contribution in [0.4, 0.5) is 0 Å². The smallest absolute Gasteiger partial charge is 0.335 e. The van der Waals surface area contributed by atoms with Crippen LogP contribution in [-0.2, 0) is 51.8 Å². The molecule has 69 heavy (non-hydrogen) atoms. The molecule has 0 heterocycles. The summed E-state index contributed by atoms with van der Waals surface area (Å²) in [5.41, 5.74) is 16.2. The van der Waals surface area contributed by atoms with E-state index in [0.29, 0.717) is 17.2 Å². The van der Waals surface area contributed by atoms with Crippen LogP contribution in [0.5, 0.6) is 17.2 Å². The van der Waals surface area contributed by atoms with E-state index in [1.54, 1.807) is 0 Å². The molecule has 0 aliphatic heterocycles. The Morgan fingerprint density at radius 3 is 0.638 bits per heavy atom. The highest BCUT2D eigenvalue weighted by molar-refractivity contribution is 5.91. The zero-order valence-electron chi connectivity index (χ0n) is 45.9. The van der Waals surface area contributed by atoms with Gasteiger partial charge in [0.2, 0.25) is 0 Å². The quantitative estimate of drug-likeness (QED) is 0.105. The van der Waals surface area contributed by atoms with Gasteiger partial charge in [0.15, 0.2) is 0 Å². The first-order valence-electron chi connectivity index (χ1n) is 24.4. The molecule has 0 aliphatic rings. The van der Waals surface area contributed by atoms with Crippen molar-refractivity contribution < 1.29 is 35.1 Å². The van der Waals surface area contributed by atoms with Crippen LogP contribution < -0.4 is 0 Å². The van der Waals surface area contributed by atoms with Crippen molar-refractivity contribution in [2.45, 2.75) is 197 Å². The molecule has 0 aromatic heterocycles. The minimum Gasteiger partial charge on any atom is -0.507 e. The highest BCUT2D eigenvalue weighted by Gasteiger charge is 2.31. The summed E-state index contributed by atoms with van der Waals surface area (Å²) in [7, 11) is 0. The Bertz CT molecular complexity index is 2320. The van der Waals surface area contributed by atoms with E-state index in [1.807, 2.05) is 0 Å². The van der Waals surface area contributed by atoms with Gasteiger partial charge in [-0.1, -0.05) is 161 Å². The lowest BCUT2D eigenvalue weighted by molar-refractivity contribution is 0.0681. The Morgan fingerprint density at radius 2 is 0.507 bits per heavy atom.